The molecule has 0 bridgehead atoms. The van der Waals surface area contributed by atoms with Crippen molar-refractivity contribution in [2.45, 2.75) is 12.4 Å². The lowest BCUT2D eigenvalue weighted by Crippen LogP contribution is -2.20. The number of nitrogens with one attached hydrogen (secondary N) is 1. The van der Waals surface area contributed by atoms with Crippen LogP contribution in [-0.2, 0) is 12.4 Å². The largest absolute Gasteiger partial charge is 0.435 e. The molecule has 0 fully saturated rings. The van der Waals surface area contributed by atoms with Crippen LogP contribution in [0, 0.1) is 0 Å². The number of nitrogens with zero attached hydrogens (tertiary/aromatic N) is 5. The highest BCUT2D eigenvalue weighted by atomic mass is 19.4. The molecule has 0 atom stereocenters. The number of hydrogen-bond acceptors (Lipinski definition) is 5. The van der Waals surface area contributed by atoms with Gasteiger partial charge in [0.15, 0.2) is 11.5 Å². The number of benzene rings is 1. The van der Waals surface area contributed by atoms with Gasteiger partial charge in [-0.1, -0.05) is 18.2 Å². The van der Waals surface area contributed by atoms with E-state index in [2.05, 4.69) is 25.4 Å². The number of rotatable bonds is 4. The van der Waals surface area contributed by atoms with Gasteiger partial charge in [-0.25, -0.2) is 9.67 Å². The first kappa shape index (κ1) is 22.9. The molecule has 0 saturated carbocycles. The summed E-state index contributed by atoms with van der Waals surface area (Å²) in [4.78, 5) is 24.3. The highest BCUT2D eigenvalue weighted by Crippen LogP contribution is 2.32. The highest BCUT2D eigenvalue weighted by Gasteiger charge is 2.36. The molecule has 0 spiro atoms. The molecule has 0 aliphatic rings. The molecule has 174 valence electrons. The van der Waals surface area contributed by atoms with Crippen molar-refractivity contribution in [1.29, 1.82) is 0 Å². The molecule has 1 N–H and O–H groups in total. The number of pyridine rings is 1. The second-order valence-electron chi connectivity index (χ2n) is 6.80. The molecule has 0 radical (unpaired) electrons. The third-order valence-corrected chi connectivity index (χ3v) is 4.53. The van der Waals surface area contributed by atoms with Gasteiger partial charge < -0.3 is 5.32 Å². The van der Waals surface area contributed by atoms with Crippen LogP contribution in [0.4, 0.5) is 32.0 Å². The number of para-hydroxylation sites is 1. The van der Waals surface area contributed by atoms with E-state index in [9.17, 15) is 31.1 Å². The zero-order valence-electron chi connectivity index (χ0n) is 16.8. The number of hydrogen-bond donors (Lipinski definition) is 1. The van der Waals surface area contributed by atoms with Crippen molar-refractivity contribution in [1.82, 2.24) is 24.7 Å². The molecule has 34 heavy (non-hydrogen) atoms. The number of carbonyl (C=O) groups excluding carboxylic acids is 1. The van der Waals surface area contributed by atoms with E-state index in [0.29, 0.717) is 5.56 Å². The van der Waals surface area contributed by atoms with Crippen LogP contribution < -0.4 is 5.32 Å². The SMILES string of the molecule is O=C(Nc1ccccc1-c1cnc(-n2ccc(C(F)(F)F)n2)cn1)c1ncccc1C(F)(F)F. The summed E-state index contributed by atoms with van der Waals surface area (Å²) in [6.07, 6.45) is -4.85. The van der Waals surface area contributed by atoms with Gasteiger partial charge >= 0.3 is 12.4 Å². The number of alkyl halides is 6. The molecule has 0 aliphatic carbocycles. The van der Waals surface area contributed by atoms with E-state index in [0.717, 1.165) is 35.3 Å². The lowest BCUT2D eigenvalue weighted by Gasteiger charge is -2.13. The Hall–Kier alpha value is -4.29. The Balaban J connectivity index is 1.61. The van der Waals surface area contributed by atoms with Gasteiger partial charge in [0.25, 0.3) is 5.91 Å². The number of amides is 1. The van der Waals surface area contributed by atoms with Gasteiger partial charge in [-0.2, -0.15) is 31.4 Å². The molecule has 3 heterocycles. The minimum absolute atomic E-state index is 0.00377. The predicted molar refractivity (Wildman–Crippen MR) is 107 cm³/mol. The van der Waals surface area contributed by atoms with Crippen LogP contribution in [0.3, 0.4) is 0 Å². The lowest BCUT2D eigenvalue weighted by molar-refractivity contribution is -0.141. The van der Waals surface area contributed by atoms with Gasteiger partial charge in [0.1, 0.15) is 5.69 Å². The van der Waals surface area contributed by atoms with Crippen LogP contribution in [0.5, 0.6) is 0 Å². The molecular weight excluding hydrogens is 466 g/mol. The van der Waals surface area contributed by atoms with E-state index < -0.39 is 35.2 Å². The zero-order valence-corrected chi connectivity index (χ0v) is 16.8. The summed E-state index contributed by atoms with van der Waals surface area (Å²) in [5.41, 5.74) is -2.43. The van der Waals surface area contributed by atoms with Gasteiger partial charge in [0, 0.05) is 18.0 Å². The first-order valence-corrected chi connectivity index (χ1v) is 9.42. The molecule has 0 unspecified atom stereocenters. The Morgan fingerprint density at radius 1 is 0.853 bits per heavy atom. The summed E-state index contributed by atoms with van der Waals surface area (Å²) in [6.45, 7) is 0. The van der Waals surface area contributed by atoms with Gasteiger partial charge in [-0.15, -0.1) is 0 Å². The normalized spacial score (nSPS) is 11.9. The van der Waals surface area contributed by atoms with Gasteiger partial charge in [0.2, 0.25) is 0 Å². The van der Waals surface area contributed by atoms with Crippen LogP contribution >= 0.6 is 0 Å². The average molecular weight is 478 g/mol. The maximum Gasteiger partial charge on any atom is 0.435 e. The van der Waals surface area contributed by atoms with E-state index in [1.807, 2.05) is 0 Å². The Kier molecular flexibility index (Phi) is 5.77. The summed E-state index contributed by atoms with van der Waals surface area (Å²) in [6, 6.07) is 8.74. The quantitative estimate of drug-likeness (QED) is 0.417. The number of aromatic nitrogens is 5. The molecule has 4 aromatic rings. The topological polar surface area (TPSA) is 85.6 Å². The second kappa shape index (κ2) is 8.57. The predicted octanol–water partition coefficient (Wildman–Crippen LogP) is 5.01. The molecular formula is C21H12F6N6O. The van der Waals surface area contributed by atoms with Gasteiger partial charge in [-0.3, -0.25) is 14.8 Å². The average Bonchev–Trinajstić information content (AvgIpc) is 3.30. The summed E-state index contributed by atoms with van der Waals surface area (Å²) < 4.78 is 78.8. The monoisotopic (exact) mass is 478 g/mol. The standard InChI is InChI=1S/C21H12F6N6O/c22-20(23,24)13-5-3-8-28-18(13)19(34)31-14-6-2-1-4-12(14)15-10-30-17(11-29-15)33-9-7-16(32-33)21(25,26)27/h1-11H,(H,31,34). The zero-order chi connectivity index (χ0) is 24.5. The highest BCUT2D eigenvalue weighted by molar-refractivity contribution is 6.05. The third kappa shape index (κ3) is 4.72. The van der Waals surface area contributed by atoms with Crippen LogP contribution in [0.15, 0.2) is 67.3 Å². The minimum Gasteiger partial charge on any atom is -0.320 e. The summed E-state index contributed by atoms with van der Waals surface area (Å²) in [5, 5.41) is 5.80. The number of carbonyl (C=O) groups is 1. The molecule has 4 rings (SSSR count). The Morgan fingerprint density at radius 2 is 1.62 bits per heavy atom. The van der Waals surface area contributed by atoms with E-state index in [1.165, 1.54) is 24.5 Å². The molecule has 0 saturated heterocycles. The van der Waals surface area contributed by atoms with Crippen molar-refractivity contribution in [3.05, 3.63) is 84.2 Å². The van der Waals surface area contributed by atoms with E-state index in [-0.39, 0.29) is 17.2 Å². The van der Waals surface area contributed by atoms with Gasteiger partial charge in [-0.05, 0) is 24.3 Å². The molecule has 13 heteroatoms. The molecule has 1 aromatic carbocycles. The fourth-order valence-electron chi connectivity index (χ4n) is 2.99. The minimum atomic E-state index is -4.78. The van der Waals surface area contributed by atoms with Gasteiger partial charge in [0.05, 0.1) is 29.3 Å². The fraction of sp³-hybridized carbons (Fsp3) is 0.0952. The van der Waals surface area contributed by atoms with E-state index in [1.54, 1.807) is 12.1 Å². The van der Waals surface area contributed by atoms with E-state index >= 15 is 0 Å². The van der Waals surface area contributed by atoms with Crippen LogP contribution in [-0.4, -0.2) is 30.6 Å². The lowest BCUT2D eigenvalue weighted by atomic mass is 10.1. The van der Waals surface area contributed by atoms with Crippen molar-refractivity contribution in [2.24, 2.45) is 0 Å². The number of halogens is 6. The van der Waals surface area contributed by atoms with Crippen molar-refractivity contribution in [3.63, 3.8) is 0 Å². The maximum absolute atomic E-state index is 13.2. The van der Waals surface area contributed by atoms with Crippen LogP contribution in [0.1, 0.15) is 21.7 Å². The van der Waals surface area contributed by atoms with Crippen molar-refractivity contribution in [2.75, 3.05) is 5.32 Å². The molecule has 7 nitrogen and oxygen atoms in total. The van der Waals surface area contributed by atoms with E-state index in [4.69, 9.17) is 0 Å². The first-order valence-electron chi connectivity index (χ1n) is 9.42. The van der Waals surface area contributed by atoms with Crippen molar-refractivity contribution < 1.29 is 31.1 Å². The molecule has 1 amide bonds. The smallest absolute Gasteiger partial charge is 0.320 e. The molecule has 3 aromatic heterocycles. The third-order valence-electron chi connectivity index (χ3n) is 4.53. The van der Waals surface area contributed by atoms with Crippen LogP contribution in [0.2, 0.25) is 0 Å². The summed E-state index contributed by atoms with van der Waals surface area (Å²) in [7, 11) is 0. The maximum atomic E-state index is 13.2. The first-order chi connectivity index (χ1) is 16.0. The Bertz CT molecular complexity index is 1330. The fourth-order valence-corrected chi connectivity index (χ4v) is 2.99. The molecule has 0 aliphatic heterocycles. The summed E-state index contributed by atoms with van der Waals surface area (Å²) >= 11 is 0. The van der Waals surface area contributed by atoms with Crippen molar-refractivity contribution in [3.8, 4) is 17.1 Å². The van der Waals surface area contributed by atoms with Crippen LogP contribution in [0.25, 0.3) is 17.1 Å². The second-order valence-corrected chi connectivity index (χ2v) is 6.80. The summed E-state index contributed by atoms with van der Waals surface area (Å²) in [5.74, 6) is -1.08. The Morgan fingerprint density at radius 3 is 2.26 bits per heavy atom. The Labute approximate surface area is 187 Å². The van der Waals surface area contributed by atoms with Crippen molar-refractivity contribution >= 4 is 11.6 Å². The number of anilines is 1.